The van der Waals surface area contributed by atoms with Crippen molar-refractivity contribution in [1.82, 2.24) is 5.32 Å². The Hall–Kier alpha value is -1.58. The minimum atomic E-state index is -0.996. The quantitative estimate of drug-likeness (QED) is 0.791. The van der Waals surface area contributed by atoms with Crippen LogP contribution in [0.15, 0.2) is 24.3 Å². The first-order valence-electron chi connectivity index (χ1n) is 4.75. The highest BCUT2D eigenvalue weighted by molar-refractivity contribution is 5.77. The van der Waals surface area contributed by atoms with E-state index < -0.39 is 12.6 Å². The van der Waals surface area contributed by atoms with E-state index in [0.717, 1.165) is 5.56 Å². The zero-order valence-electron chi connectivity index (χ0n) is 8.53. The van der Waals surface area contributed by atoms with E-state index >= 15 is 0 Å². The standard InChI is InChI=1S/C11H14FNO2/c1-8(13-11(15)7-12)5-9-3-2-4-10(14)6-9/h2-4,6,8,14H,5,7H2,1H3,(H,13,15)/t8-/m0/s1. The number of rotatable bonds is 4. The van der Waals surface area contributed by atoms with Gasteiger partial charge in [0.1, 0.15) is 5.75 Å². The van der Waals surface area contributed by atoms with Crippen LogP contribution in [0.3, 0.4) is 0 Å². The molecule has 0 bridgehead atoms. The molecule has 0 unspecified atom stereocenters. The van der Waals surface area contributed by atoms with E-state index in [9.17, 15) is 14.3 Å². The fraction of sp³-hybridized carbons (Fsp3) is 0.364. The van der Waals surface area contributed by atoms with Gasteiger partial charge in [0.2, 0.25) is 0 Å². The Balaban J connectivity index is 2.51. The molecule has 0 spiro atoms. The molecule has 1 aromatic rings. The molecule has 0 saturated heterocycles. The van der Waals surface area contributed by atoms with Gasteiger partial charge in [-0.2, -0.15) is 0 Å². The molecule has 1 amide bonds. The number of amides is 1. The molecule has 0 aliphatic heterocycles. The number of carbonyl (C=O) groups is 1. The van der Waals surface area contributed by atoms with E-state index in [4.69, 9.17) is 0 Å². The Morgan fingerprint density at radius 3 is 2.93 bits per heavy atom. The molecule has 0 heterocycles. The second-order valence-electron chi connectivity index (χ2n) is 3.48. The monoisotopic (exact) mass is 211 g/mol. The predicted octanol–water partition coefficient (Wildman–Crippen LogP) is 1.41. The van der Waals surface area contributed by atoms with Crippen LogP contribution in [0.4, 0.5) is 4.39 Å². The molecule has 0 aliphatic carbocycles. The third kappa shape index (κ3) is 3.97. The average Bonchev–Trinajstić information content (AvgIpc) is 2.17. The van der Waals surface area contributed by atoms with Gasteiger partial charge in [-0.1, -0.05) is 12.1 Å². The molecule has 0 fully saturated rings. The van der Waals surface area contributed by atoms with Crippen molar-refractivity contribution >= 4 is 5.91 Å². The van der Waals surface area contributed by atoms with Gasteiger partial charge in [0.05, 0.1) is 0 Å². The van der Waals surface area contributed by atoms with Crippen LogP contribution in [-0.2, 0) is 11.2 Å². The van der Waals surface area contributed by atoms with E-state index in [-0.39, 0.29) is 11.8 Å². The van der Waals surface area contributed by atoms with Crippen LogP contribution in [0.1, 0.15) is 12.5 Å². The highest BCUT2D eigenvalue weighted by atomic mass is 19.1. The number of carbonyl (C=O) groups excluding carboxylic acids is 1. The Morgan fingerprint density at radius 2 is 2.33 bits per heavy atom. The molecule has 15 heavy (non-hydrogen) atoms. The van der Waals surface area contributed by atoms with E-state index in [0.29, 0.717) is 6.42 Å². The summed E-state index contributed by atoms with van der Waals surface area (Å²) in [7, 11) is 0. The van der Waals surface area contributed by atoms with Gasteiger partial charge in [-0.05, 0) is 31.0 Å². The fourth-order valence-electron chi connectivity index (χ4n) is 1.40. The predicted molar refractivity (Wildman–Crippen MR) is 55.4 cm³/mol. The molecule has 4 heteroatoms. The minimum absolute atomic E-state index is 0.143. The van der Waals surface area contributed by atoms with E-state index in [1.807, 2.05) is 6.07 Å². The van der Waals surface area contributed by atoms with Gasteiger partial charge in [0.15, 0.2) is 6.67 Å². The number of nitrogens with one attached hydrogen (secondary N) is 1. The van der Waals surface area contributed by atoms with Crippen molar-refractivity contribution in [2.45, 2.75) is 19.4 Å². The average molecular weight is 211 g/mol. The number of hydrogen-bond acceptors (Lipinski definition) is 2. The van der Waals surface area contributed by atoms with Crippen molar-refractivity contribution in [1.29, 1.82) is 0 Å². The van der Waals surface area contributed by atoms with E-state index in [2.05, 4.69) is 5.32 Å². The van der Waals surface area contributed by atoms with Crippen molar-refractivity contribution in [3.8, 4) is 5.75 Å². The number of phenolic OH excluding ortho intramolecular Hbond substituents is 1. The summed E-state index contributed by atoms with van der Waals surface area (Å²) >= 11 is 0. The van der Waals surface area contributed by atoms with Crippen LogP contribution >= 0.6 is 0 Å². The number of benzene rings is 1. The van der Waals surface area contributed by atoms with Crippen LogP contribution in [0.25, 0.3) is 0 Å². The minimum Gasteiger partial charge on any atom is -0.508 e. The lowest BCUT2D eigenvalue weighted by Gasteiger charge is -2.12. The second kappa shape index (κ2) is 5.34. The molecule has 0 radical (unpaired) electrons. The summed E-state index contributed by atoms with van der Waals surface area (Å²) in [5, 5.41) is 11.7. The van der Waals surface area contributed by atoms with Crippen LogP contribution in [0, 0.1) is 0 Å². The summed E-state index contributed by atoms with van der Waals surface area (Å²) in [5.74, 6) is -0.417. The van der Waals surface area contributed by atoms with Gasteiger partial charge in [-0.15, -0.1) is 0 Å². The van der Waals surface area contributed by atoms with E-state index in [1.54, 1.807) is 25.1 Å². The summed E-state index contributed by atoms with van der Waals surface area (Å²) in [6, 6.07) is 6.63. The normalized spacial score (nSPS) is 12.1. The van der Waals surface area contributed by atoms with E-state index in [1.165, 1.54) is 0 Å². The summed E-state index contributed by atoms with van der Waals surface area (Å²) in [4.78, 5) is 10.7. The highest BCUT2D eigenvalue weighted by Crippen LogP contribution is 2.12. The molecule has 3 nitrogen and oxygen atoms in total. The van der Waals surface area contributed by atoms with Gasteiger partial charge in [0.25, 0.3) is 5.91 Å². The number of halogens is 1. The lowest BCUT2D eigenvalue weighted by Crippen LogP contribution is -2.34. The van der Waals surface area contributed by atoms with Crippen molar-refractivity contribution in [3.63, 3.8) is 0 Å². The molecule has 1 aromatic carbocycles. The number of phenols is 1. The van der Waals surface area contributed by atoms with Gasteiger partial charge in [-0.3, -0.25) is 4.79 Å². The Morgan fingerprint density at radius 1 is 1.60 bits per heavy atom. The topological polar surface area (TPSA) is 49.3 Å². The number of hydrogen-bond donors (Lipinski definition) is 2. The Kier molecular flexibility index (Phi) is 4.09. The number of aromatic hydroxyl groups is 1. The molecular weight excluding hydrogens is 197 g/mol. The zero-order valence-corrected chi connectivity index (χ0v) is 8.53. The van der Waals surface area contributed by atoms with Gasteiger partial charge in [0, 0.05) is 6.04 Å². The lowest BCUT2D eigenvalue weighted by molar-refractivity contribution is -0.122. The lowest BCUT2D eigenvalue weighted by atomic mass is 10.1. The second-order valence-corrected chi connectivity index (χ2v) is 3.48. The third-order valence-electron chi connectivity index (χ3n) is 1.98. The van der Waals surface area contributed by atoms with Crippen LogP contribution in [0.5, 0.6) is 5.75 Å². The third-order valence-corrected chi connectivity index (χ3v) is 1.98. The summed E-state index contributed by atoms with van der Waals surface area (Å²) < 4.78 is 11.9. The maximum atomic E-state index is 11.9. The SMILES string of the molecule is C[C@@H](Cc1cccc(O)c1)NC(=O)CF. The maximum Gasteiger partial charge on any atom is 0.251 e. The summed E-state index contributed by atoms with van der Waals surface area (Å²) in [5.41, 5.74) is 0.904. The smallest absolute Gasteiger partial charge is 0.251 e. The van der Waals surface area contributed by atoms with Gasteiger partial charge < -0.3 is 10.4 Å². The Bertz CT molecular complexity index is 341. The van der Waals surface area contributed by atoms with Crippen molar-refractivity contribution in [2.24, 2.45) is 0 Å². The van der Waals surface area contributed by atoms with Crippen molar-refractivity contribution in [3.05, 3.63) is 29.8 Å². The fourth-order valence-corrected chi connectivity index (χ4v) is 1.40. The molecule has 2 N–H and O–H groups in total. The molecule has 82 valence electrons. The summed E-state index contributed by atoms with van der Waals surface area (Å²) in [6.07, 6.45) is 0.570. The molecule has 1 atom stereocenters. The molecule has 1 rings (SSSR count). The molecule has 0 saturated carbocycles. The number of alkyl halides is 1. The molecule has 0 aliphatic rings. The molecular formula is C11H14FNO2. The van der Waals surface area contributed by atoms with Crippen LogP contribution in [0.2, 0.25) is 0 Å². The Labute approximate surface area is 87.9 Å². The largest absolute Gasteiger partial charge is 0.508 e. The first-order chi connectivity index (χ1) is 7.11. The maximum absolute atomic E-state index is 11.9. The van der Waals surface area contributed by atoms with Crippen molar-refractivity contribution < 1.29 is 14.3 Å². The first-order valence-corrected chi connectivity index (χ1v) is 4.75. The van der Waals surface area contributed by atoms with Gasteiger partial charge in [-0.25, -0.2) is 4.39 Å². The molecule has 0 aromatic heterocycles. The highest BCUT2D eigenvalue weighted by Gasteiger charge is 2.07. The summed E-state index contributed by atoms with van der Waals surface area (Å²) in [6.45, 7) is 0.794. The van der Waals surface area contributed by atoms with Gasteiger partial charge >= 0.3 is 0 Å². The van der Waals surface area contributed by atoms with Crippen LogP contribution in [-0.4, -0.2) is 23.7 Å². The zero-order chi connectivity index (χ0) is 11.3. The first kappa shape index (κ1) is 11.5. The van der Waals surface area contributed by atoms with Crippen molar-refractivity contribution in [2.75, 3.05) is 6.67 Å². The van der Waals surface area contributed by atoms with Crippen LogP contribution < -0.4 is 5.32 Å².